The van der Waals surface area contributed by atoms with Crippen molar-refractivity contribution in [1.29, 1.82) is 0 Å². The van der Waals surface area contributed by atoms with Crippen LogP contribution in [0.3, 0.4) is 0 Å². The molecule has 1 N–H and O–H groups in total. The minimum atomic E-state index is -0.450. The fourth-order valence-electron chi connectivity index (χ4n) is 2.78. The van der Waals surface area contributed by atoms with Crippen molar-refractivity contribution >= 4 is 11.6 Å². The highest BCUT2D eigenvalue weighted by Crippen LogP contribution is 2.33. The van der Waals surface area contributed by atoms with Crippen molar-refractivity contribution in [3.8, 4) is 11.4 Å². The number of nitrogens with zero attached hydrogens (tertiary/aromatic N) is 2. The van der Waals surface area contributed by atoms with Gasteiger partial charge in [0.2, 0.25) is 11.7 Å². The summed E-state index contributed by atoms with van der Waals surface area (Å²) in [5, 5.41) is 7.35. The predicted molar refractivity (Wildman–Crippen MR) is 78.8 cm³/mol. The molecular formula is C15H17ClFN3O. The molecule has 1 saturated carbocycles. The van der Waals surface area contributed by atoms with E-state index in [0.29, 0.717) is 29.2 Å². The second-order valence-corrected chi connectivity index (χ2v) is 5.83. The molecule has 0 unspecified atom stereocenters. The van der Waals surface area contributed by atoms with Gasteiger partial charge in [0.05, 0.1) is 5.02 Å². The van der Waals surface area contributed by atoms with Gasteiger partial charge >= 0.3 is 0 Å². The van der Waals surface area contributed by atoms with E-state index in [1.807, 2.05) is 7.05 Å². The molecule has 0 saturated heterocycles. The molecule has 1 aromatic heterocycles. The summed E-state index contributed by atoms with van der Waals surface area (Å²) in [4.78, 5) is 4.45. The number of aromatic nitrogens is 2. The standard InChI is InChI=1S/C15H17ClFN3O/c1-18-11-5-2-9(3-6-11)15-19-14(20-21-15)10-4-7-13(17)12(16)8-10/h4,7-9,11,18H,2-3,5-6H2,1H3. The van der Waals surface area contributed by atoms with E-state index >= 15 is 0 Å². The highest BCUT2D eigenvalue weighted by atomic mass is 35.5. The molecule has 6 heteroatoms. The quantitative estimate of drug-likeness (QED) is 0.937. The Kier molecular flexibility index (Phi) is 4.22. The molecule has 1 aromatic carbocycles. The van der Waals surface area contributed by atoms with Crippen molar-refractivity contribution in [2.45, 2.75) is 37.6 Å². The van der Waals surface area contributed by atoms with Crippen LogP contribution in [-0.4, -0.2) is 23.2 Å². The van der Waals surface area contributed by atoms with Crippen molar-refractivity contribution in [2.75, 3.05) is 7.05 Å². The second-order valence-electron chi connectivity index (χ2n) is 5.42. The van der Waals surface area contributed by atoms with Gasteiger partial charge in [-0.15, -0.1) is 0 Å². The third-order valence-corrected chi connectivity index (χ3v) is 4.39. The third kappa shape index (κ3) is 3.09. The molecule has 1 aliphatic rings. The summed E-state index contributed by atoms with van der Waals surface area (Å²) >= 11 is 5.78. The maximum Gasteiger partial charge on any atom is 0.230 e. The summed E-state index contributed by atoms with van der Waals surface area (Å²) in [6, 6.07) is 5.02. The Balaban J connectivity index is 1.76. The summed E-state index contributed by atoms with van der Waals surface area (Å²) < 4.78 is 18.6. The second kappa shape index (κ2) is 6.12. The van der Waals surface area contributed by atoms with Gasteiger partial charge in [-0.1, -0.05) is 16.8 Å². The largest absolute Gasteiger partial charge is 0.339 e. The summed E-state index contributed by atoms with van der Waals surface area (Å²) in [7, 11) is 1.99. The van der Waals surface area contributed by atoms with Gasteiger partial charge in [-0.05, 0) is 50.9 Å². The van der Waals surface area contributed by atoms with E-state index in [1.165, 1.54) is 12.1 Å². The lowest BCUT2D eigenvalue weighted by Gasteiger charge is -2.25. The number of nitrogens with one attached hydrogen (secondary N) is 1. The lowest BCUT2D eigenvalue weighted by molar-refractivity contribution is 0.289. The molecule has 0 radical (unpaired) electrons. The van der Waals surface area contributed by atoms with Crippen molar-refractivity contribution in [3.05, 3.63) is 34.9 Å². The minimum Gasteiger partial charge on any atom is -0.339 e. The van der Waals surface area contributed by atoms with E-state index in [1.54, 1.807) is 6.07 Å². The molecule has 2 aromatic rings. The van der Waals surface area contributed by atoms with Crippen LogP contribution >= 0.6 is 11.6 Å². The lowest BCUT2D eigenvalue weighted by Crippen LogP contribution is -2.29. The molecule has 0 aliphatic heterocycles. The molecule has 0 amide bonds. The average Bonchev–Trinajstić information content (AvgIpc) is 3.00. The fraction of sp³-hybridized carbons (Fsp3) is 0.467. The zero-order chi connectivity index (χ0) is 14.8. The van der Waals surface area contributed by atoms with E-state index < -0.39 is 5.82 Å². The normalized spacial score (nSPS) is 22.4. The van der Waals surface area contributed by atoms with Crippen molar-refractivity contribution in [1.82, 2.24) is 15.5 Å². The maximum absolute atomic E-state index is 13.2. The lowest BCUT2D eigenvalue weighted by atomic mass is 9.86. The van der Waals surface area contributed by atoms with E-state index in [4.69, 9.17) is 16.1 Å². The maximum atomic E-state index is 13.2. The Morgan fingerprint density at radius 2 is 2.05 bits per heavy atom. The molecule has 0 bridgehead atoms. The Morgan fingerprint density at radius 1 is 1.29 bits per heavy atom. The van der Waals surface area contributed by atoms with Crippen LogP contribution in [0.2, 0.25) is 5.02 Å². The highest BCUT2D eigenvalue weighted by molar-refractivity contribution is 6.31. The minimum absolute atomic E-state index is 0.0633. The predicted octanol–water partition coefficient (Wildman–Crippen LogP) is 3.77. The summed E-state index contributed by atoms with van der Waals surface area (Å²) in [6.07, 6.45) is 4.30. The summed E-state index contributed by atoms with van der Waals surface area (Å²) in [6.45, 7) is 0. The van der Waals surface area contributed by atoms with Crippen LogP contribution in [0.1, 0.15) is 37.5 Å². The van der Waals surface area contributed by atoms with Gasteiger partial charge in [0.25, 0.3) is 0 Å². The van der Waals surface area contributed by atoms with Crippen LogP contribution in [0.4, 0.5) is 4.39 Å². The number of benzene rings is 1. The monoisotopic (exact) mass is 309 g/mol. The van der Waals surface area contributed by atoms with Crippen molar-refractivity contribution in [3.63, 3.8) is 0 Å². The van der Waals surface area contributed by atoms with Gasteiger partial charge < -0.3 is 9.84 Å². The van der Waals surface area contributed by atoms with Crippen molar-refractivity contribution < 1.29 is 8.91 Å². The van der Waals surface area contributed by atoms with Gasteiger partial charge in [0.1, 0.15) is 5.82 Å². The molecule has 21 heavy (non-hydrogen) atoms. The molecule has 112 valence electrons. The van der Waals surface area contributed by atoms with Gasteiger partial charge in [0, 0.05) is 17.5 Å². The van der Waals surface area contributed by atoms with Crippen LogP contribution in [0.15, 0.2) is 22.7 Å². The molecule has 1 heterocycles. The van der Waals surface area contributed by atoms with Crippen LogP contribution in [-0.2, 0) is 0 Å². The van der Waals surface area contributed by atoms with Crippen molar-refractivity contribution in [2.24, 2.45) is 0 Å². The molecule has 4 nitrogen and oxygen atoms in total. The fourth-order valence-corrected chi connectivity index (χ4v) is 2.96. The van der Waals surface area contributed by atoms with Crippen LogP contribution in [0.25, 0.3) is 11.4 Å². The Morgan fingerprint density at radius 3 is 2.71 bits per heavy atom. The Bertz CT molecular complexity index is 623. The number of hydrogen-bond acceptors (Lipinski definition) is 4. The summed E-state index contributed by atoms with van der Waals surface area (Å²) in [5.74, 6) is 0.990. The van der Waals surface area contributed by atoms with Crippen LogP contribution in [0.5, 0.6) is 0 Å². The molecular weight excluding hydrogens is 293 g/mol. The molecule has 0 spiro atoms. The van der Waals surface area contributed by atoms with E-state index in [9.17, 15) is 4.39 Å². The Labute approximate surface area is 127 Å². The first-order valence-corrected chi connectivity index (χ1v) is 7.51. The molecule has 0 atom stereocenters. The smallest absolute Gasteiger partial charge is 0.230 e. The van der Waals surface area contributed by atoms with Gasteiger partial charge in [-0.25, -0.2) is 4.39 Å². The van der Waals surface area contributed by atoms with E-state index in [0.717, 1.165) is 25.7 Å². The van der Waals surface area contributed by atoms with Crippen LogP contribution in [0, 0.1) is 5.82 Å². The van der Waals surface area contributed by atoms with Gasteiger partial charge in [0.15, 0.2) is 0 Å². The third-order valence-electron chi connectivity index (χ3n) is 4.10. The Hall–Kier alpha value is -1.46. The topological polar surface area (TPSA) is 51.0 Å². The number of rotatable bonds is 3. The number of halogens is 2. The van der Waals surface area contributed by atoms with Gasteiger partial charge in [-0.3, -0.25) is 0 Å². The van der Waals surface area contributed by atoms with E-state index in [-0.39, 0.29) is 5.02 Å². The summed E-state index contributed by atoms with van der Waals surface area (Å²) in [5.41, 5.74) is 0.667. The first-order valence-electron chi connectivity index (χ1n) is 7.13. The molecule has 1 fully saturated rings. The SMILES string of the molecule is CNC1CCC(c2nc(-c3ccc(F)c(Cl)c3)no2)CC1. The number of hydrogen-bond donors (Lipinski definition) is 1. The first kappa shape index (κ1) is 14.5. The zero-order valence-corrected chi connectivity index (χ0v) is 12.5. The van der Waals surface area contributed by atoms with Gasteiger partial charge in [-0.2, -0.15) is 4.98 Å². The average molecular weight is 310 g/mol. The molecule has 3 rings (SSSR count). The zero-order valence-electron chi connectivity index (χ0n) is 11.8. The van der Waals surface area contributed by atoms with Crippen LogP contribution < -0.4 is 5.32 Å². The highest BCUT2D eigenvalue weighted by Gasteiger charge is 2.26. The van der Waals surface area contributed by atoms with E-state index in [2.05, 4.69) is 15.5 Å². The molecule has 1 aliphatic carbocycles. The first-order chi connectivity index (χ1) is 10.2.